The third-order valence-corrected chi connectivity index (χ3v) is 4.65. The Morgan fingerprint density at radius 1 is 1.38 bits per heavy atom. The first-order chi connectivity index (χ1) is 11.5. The smallest absolute Gasteiger partial charge is 0.254 e. The minimum atomic E-state index is -0.401. The van der Waals surface area contributed by atoms with Crippen molar-refractivity contribution in [2.45, 2.75) is 11.6 Å². The maximum Gasteiger partial charge on any atom is 0.254 e. The van der Waals surface area contributed by atoms with Gasteiger partial charge in [-0.2, -0.15) is 5.26 Å². The van der Waals surface area contributed by atoms with Gasteiger partial charge in [-0.1, -0.05) is 6.07 Å². The third-order valence-electron chi connectivity index (χ3n) is 4.65. The molecule has 0 saturated carbocycles. The summed E-state index contributed by atoms with van der Waals surface area (Å²) in [5.41, 5.74) is 0.580. The number of hydrogen-bond acceptors (Lipinski definition) is 5. The second kappa shape index (κ2) is 6.23. The molecule has 1 N–H and O–H groups in total. The first-order valence-electron chi connectivity index (χ1n) is 7.83. The van der Waals surface area contributed by atoms with Crippen LogP contribution < -0.4 is 5.32 Å². The predicted molar refractivity (Wildman–Crippen MR) is 86.2 cm³/mol. The number of nitrogens with zero attached hydrogens (tertiary/aromatic N) is 3. The molecule has 1 aromatic rings. The van der Waals surface area contributed by atoms with Gasteiger partial charge in [0.2, 0.25) is 5.91 Å². The van der Waals surface area contributed by atoms with Crippen molar-refractivity contribution in [3.63, 3.8) is 0 Å². The minimum Gasteiger partial charge on any atom is -0.368 e. The standard InChI is InChI=1S/C17H20N4O3/c1-19-15(22)14-8-24-17(9-20(14)2)10-21(11-17)16(23)13-5-3-4-12(6-13)7-18/h3-6,14H,8-11H2,1-2H3,(H,19,22)/t14-/m0/s1. The fourth-order valence-corrected chi connectivity index (χ4v) is 3.32. The monoisotopic (exact) mass is 328 g/mol. The average molecular weight is 328 g/mol. The van der Waals surface area contributed by atoms with E-state index in [4.69, 9.17) is 10.00 Å². The van der Waals surface area contributed by atoms with E-state index in [9.17, 15) is 9.59 Å². The molecule has 0 aromatic heterocycles. The normalized spacial score (nSPS) is 22.5. The molecule has 0 aliphatic carbocycles. The van der Waals surface area contributed by atoms with Gasteiger partial charge in [0.1, 0.15) is 11.6 Å². The van der Waals surface area contributed by atoms with Gasteiger partial charge in [0.05, 0.1) is 31.3 Å². The molecule has 0 bridgehead atoms. The van der Waals surface area contributed by atoms with Crippen molar-refractivity contribution in [1.82, 2.24) is 15.1 Å². The first kappa shape index (κ1) is 16.4. The highest BCUT2D eigenvalue weighted by Crippen LogP contribution is 2.31. The molecule has 0 unspecified atom stereocenters. The first-order valence-corrected chi connectivity index (χ1v) is 7.83. The fourth-order valence-electron chi connectivity index (χ4n) is 3.32. The largest absolute Gasteiger partial charge is 0.368 e. The van der Waals surface area contributed by atoms with Crippen LogP contribution in [0.4, 0.5) is 0 Å². The van der Waals surface area contributed by atoms with Crippen molar-refractivity contribution in [2.75, 3.05) is 40.3 Å². The van der Waals surface area contributed by atoms with E-state index >= 15 is 0 Å². The van der Waals surface area contributed by atoms with Crippen LogP contribution in [0.25, 0.3) is 0 Å². The molecule has 7 nitrogen and oxygen atoms in total. The van der Waals surface area contributed by atoms with Gasteiger partial charge in [-0.15, -0.1) is 0 Å². The van der Waals surface area contributed by atoms with E-state index in [0.29, 0.717) is 37.4 Å². The van der Waals surface area contributed by atoms with Crippen LogP contribution in [0.15, 0.2) is 24.3 Å². The Labute approximate surface area is 140 Å². The number of amides is 2. The lowest BCUT2D eigenvalue weighted by Crippen LogP contribution is -2.73. The number of likely N-dealkylation sites (tertiary alicyclic amines) is 1. The van der Waals surface area contributed by atoms with E-state index in [1.165, 1.54) is 0 Å². The molecule has 2 fully saturated rings. The fraction of sp³-hybridized carbons (Fsp3) is 0.471. The highest BCUT2D eigenvalue weighted by atomic mass is 16.5. The number of carbonyl (C=O) groups excluding carboxylic acids is 2. The van der Waals surface area contributed by atoms with Crippen molar-refractivity contribution >= 4 is 11.8 Å². The Morgan fingerprint density at radius 3 is 2.75 bits per heavy atom. The summed E-state index contributed by atoms with van der Waals surface area (Å²) in [7, 11) is 3.50. The summed E-state index contributed by atoms with van der Waals surface area (Å²) < 4.78 is 5.92. The van der Waals surface area contributed by atoms with Gasteiger partial charge in [-0.25, -0.2) is 0 Å². The van der Waals surface area contributed by atoms with Crippen molar-refractivity contribution in [2.24, 2.45) is 0 Å². The number of ether oxygens (including phenoxy) is 1. The topological polar surface area (TPSA) is 85.7 Å². The van der Waals surface area contributed by atoms with Crippen LogP contribution in [0, 0.1) is 11.3 Å². The number of rotatable bonds is 2. The SMILES string of the molecule is CNC(=O)[C@@H]1COC2(CN(C(=O)c3cccc(C#N)c3)C2)CN1C. The molecule has 2 aliphatic heterocycles. The summed E-state index contributed by atoms with van der Waals surface area (Å²) in [5.74, 6) is -0.162. The number of nitriles is 1. The maximum absolute atomic E-state index is 12.5. The maximum atomic E-state index is 12.5. The summed E-state index contributed by atoms with van der Waals surface area (Å²) >= 11 is 0. The van der Waals surface area contributed by atoms with Gasteiger partial charge in [-0.05, 0) is 25.2 Å². The van der Waals surface area contributed by atoms with Crippen molar-refractivity contribution < 1.29 is 14.3 Å². The minimum absolute atomic E-state index is 0.0621. The predicted octanol–water partition coefficient (Wildman–Crippen LogP) is -0.171. The second-order valence-corrected chi connectivity index (χ2v) is 6.39. The number of morpholine rings is 1. The molecular weight excluding hydrogens is 308 g/mol. The van der Waals surface area contributed by atoms with E-state index in [1.807, 2.05) is 18.0 Å². The lowest BCUT2D eigenvalue weighted by molar-refractivity contribution is -0.187. The lowest BCUT2D eigenvalue weighted by atomic mass is 9.90. The van der Waals surface area contributed by atoms with Crippen LogP contribution in [0.3, 0.4) is 0 Å². The van der Waals surface area contributed by atoms with Crippen molar-refractivity contribution in [3.8, 4) is 6.07 Å². The zero-order chi connectivity index (χ0) is 17.3. The number of hydrogen-bond donors (Lipinski definition) is 1. The second-order valence-electron chi connectivity index (χ2n) is 6.39. The lowest BCUT2D eigenvalue weighted by Gasteiger charge is -2.54. The highest BCUT2D eigenvalue weighted by Gasteiger charge is 2.51. The Kier molecular flexibility index (Phi) is 4.26. The van der Waals surface area contributed by atoms with Gasteiger partial charge < -0.3 is 15.0 Å². The van der Waals surface area contributed by atoms with Crippen molar-refractivity contribution in [3.05, 3.63) is 35.4 Å². The highest BCUT2D eigenvalue weighted by molar-refractivity contribution is 5.95. The van der Waals surface area contributed by atoms with E-state index in [0.717, 1.165) is 0 Å². The molecule has 2 heterocycles. The van der Waals surface area contributed by atoms with Crippen molar-refractivity contribution in [1.29, 1.82) is 5.26 Å². The molecular formula is C17H20N4O3. The molecule has 24 heavy (non-hydrogen) atoms. The molecule has 2 saturated heterocycles. The van der Waals surface area contributed by atoms with Crippen LogP contribution in [-0.2, 0) is 9.53 Å². The summed E-state index contributed by atoms with van der Waals surface area (Å²) in [4.78, 5) is 28.0. The summed E-state index contributed by atoms with van der Waals surface area (Å²) in [6, 6.07) is 8.44. The van der Waals surface area contributed by atoms with Crippen LogP contribution >= 0.6 is 0 Å². The molecule has 0 radical (unpaired) electrons. The van der Waals surface area contributed by atoms with E-state index < -0.39 is 5.60 Å². The van der Waals surface area contributed by atoms with E-state index in [-0.39, 0.29) is 17.9 Å². The molecule has 7 heteroatoms. The Bertz CT molecular complexity index is 706. The van der Waals surface area contributed by atoms with Crippen LogP contribution in [0.5, 0.6) is 0 Å². The summed E-state index contributed by atoms with van der Waals surface area (Å²) in [5, 5.41) is 11.6. The van der Waals surface area contributed by atoms with Gasteiger partial charge in [0.25, 0.3) is 5.91 Å². The number of benzene rings is 1. The Hall–Kier alpha value is -2.43. The van der Waals surface area contributed by atoms with Gasteiger partial charge in [-0.3, -0.25) is 14.5 Å². The summed E-state index contributed by atoms with van der Waals surface area (Å²) in [6.07, 6.45) is 0. The third kappa shape index (κ3) is 2.86. The molecule has 1 atom stereocenters. The quantitative estimate of drug-likeness (QED) is 0.815. The van der Waals surface area contributed by atoms with Crippen LogP contribution in [0.2, 0.25) is 0 Å². The molecule has 1 spiro atoms. The van der Waals surface area contributed by atoms with E-state index in [1.54, 1.807) is 36.2 Å². The van der Waals surface area contributed by atoms with Crippen LogP contribution in [-0.4, -0.2) is 73.6 Å². The van der Waals surface area contributed by atoms with Crippen LogP contribution in [0.1, 0.15) is 15.9 Å². The van der Waals surface area contributed by atoms with Gasteiger partial charge in [0, 0.05) is 19.2 Å². The molecule has 2 amide bonds. The molecule has 1 aromatic carbocycles. The number of nitrogens with one attached hydrogen (secondary N) is 1. The number of carbonyl (C=O) groups is 2. The Balaban J connectivity index is 1.62. The zero-order valence-corrected chi connectivity index (χ0v) is 13.8. The summed E-state index contributed by atoms with van der Waals surface area (Å²) in [6.45, 7) is 1.91. The molecule has 3 rings (SSSR count). The molecule has 2 aliphatic rings. The number of likely N-dealkylation sites (N-methyl/N-ethyl adjacent to an activating group) is 2. The molecule has 126 valence electrons. The van der Waals surface area contributed by atoms with Gasteiger partial charge in [0.15, 0.2) is 0 Å². The zero-order valence-electron chi connectivity index (χ0n) is 13.8. The average Bonchev–Trinajstić information content (AvgIpc) is 2.58. The Morgan fingerprint density at radius 2 is 2.12 bits per heavy atom. The van der Waals surface area contributed by atoms with Gasteiger partial charge >= 0.3 is 0 Å². The van der Waals surface area contributed by atoms with E-state index in [2.05, 4.69) is 5.32 Å².